The average molecular weight is 554 g/mol. The normalized spacial score (nSPS) is 12.4. The molecule has 0 bridgehead atoms. The number of carboxylic acid groups (broad SMARTS) is 1. The third-order valence-electron chi connectivity index (χ3n) is 6.05. The van der Waals surface area contributed by atoms with Crippen LogP contribution in [0.15, 0.2) is 59.8 Å². The largest absolute Gasteiger partial charge is 0.481 e. The molecular weight excluding hydrogens is 533 g/mol. The summed E-state index contributed by atoms with van der Waals surface area (Å²) in [5.74, 6) is -1.06. The van der Waals surface area contributed by atoms with Gasteiger partial charge in [0, 0.05) is 0 Å². The summed E-state index contributed by atoms with van der Waals surface area (Å²) in [6, 6.07) is 16.6. The van der Waals surface area contributed by atoms with Gasteiger partial charge in [-0.3, -0.25) is 9.59 Å². The zero-order valence-corrected chi connectivity index (χ0v) is 21.8. The van der Waals surface area contributed by atoms with Crippen molar-refractivity contribution in [2.75, 3.05) is 11.1 Å². The second kappa shape index (κ2) is 10.9. The van der Waals surface area contributed by atoms with Crippen LogP contribution in [0.4, 0.5) is 5.69 Å². The summed E-state index contributed by atoms with van der Waals surface area (Å²) in [5, 5.41) is 25.1. The van der Waals surface area contributed by atoms with E-state index in [0.29, 0.717) is 32.1 Å². The number of tetrazole rings is 1. The summed E-state index contributed by atoms with van der Waals surface area (Å²) in [6.45, 7) is 0. The molecule has 2 N–H and O–H groups in total. The SMILES string of the molecule is O=C(O)Cc1ccc(-c2ccc(NC(=O)CSc3nnnn3-c3cc4c(cc3Cl)CCC4)c(Cl)c2)cc1. The number of benzene rings is 3. The maximum atomic E-state index is 12.7. The highest BCUT2D eigenvalue weighted by Crippen LogP contribution is 2.32. The third-order valence-corrected chi connectivity index (χ3v) is 7.58. The highest BCUT2D eigenvalue weighted by molar-refractivity contribution is 7.99. The number of halogens is 2. The van der Waals surface area contributed by atoms with Gasteiger partial charge in [0.05, 0.1) is 33.6 Å². The van der Waals surface area contributed by atoms with Crippen molar-refractivity contribution in [1.82, 2.24) is 20.2 Å². The number of rotatable bonds is 8. The van der Waals surface area contributed by atoms with E-state index in [1.807, 2.05) is 30.3 Å². The van der Waals surface area contributed by atoms with Crippen LogP contribution < -0.4 is 5.32 Å². The van der Waals surface area contributed by atoms with Crippen molar-refractivity contribution in [3.05, 3.63) is 81.3 Å². The summed E-state index contributed by atoms with van der Waals surface area (Å²) in [7, 11) is 0. The zero-order chi connectivity index (χ0) is 25.9. The first-order valence-corrected chi connectivity index (χ1v) is 13.2. The smallest absolute Gasteiger partial charge is 0.307 e. The molecule has 188 valence electrons. The lowest BCUT2D eigenvalue weighted by Crippen LogP contribution is -2.15. The van der Waals surface area contributed by atoms with Gasteiger partial charge in [-0.15, -0.1) is 5.10 Å². The van der Waals surface area contributed by atoms with Crippen molar-refractivity contribution >= 4 is 52.5 Å². The molecule has 1 aromatic heterocycles. The molecule has 8 nitrogen and oxygen atoms in total. The minimum absolute atomic E-state index is 0.0310. The van der Waals surface area contributed by atoms with Crippen molar-refractivity contribution in [3.8, 4) is 16.8 Å². The maximum Gasteiger partial charge on any atom is 0.307 e. The molecule has 0 saturated heterocycles. The Labute approximate surface area is 227 Å². The third kappa shape index (κ3) is 5.79. The summed E-state index contributed by atoms with van der Waals surface area (Å²) >= 11 is 14.1. The minimum atomic E-state index is -0.877. The number of aliphatic carboxylic acids is 1. The van der Waals surface area contributed by atoms with Gasteiger partial charge in [-0.25, -0.2) is 0 Å². The first kappa shape index (κ1) is 25.3. The predicted octanol–water partition coefficient (Wildman–Crippen LogP) is 5.48. The van der Waals surface area contributed by atoms with Crippen LogP contribution in [-0.2, 0) is 28.9 Å². The molecule has 11 heteroatoms. The Hall–Kier alpha value is -3.40. The number of hydrogen-bond donors (Lipinski definition) is 2. The van der Waals surface area contributed by atoms with Crippen LogP contribution in [0.1, 0.15) is 23.1 Å². The van der Waals surface area contributed by atoms with Crippen molar-refractivity contribution in [2.24, 2.45) is 0 Å². The number of aryl methyl sites for hydroxylation is 2. The van der Waals surface area contributed by atoms with Crippen LogP contribution in [0.25, 0.3) is 16.8 Å². The Morgan fingerprint density at radius 1 is 0.973 bits per heavy atom. The number of hydrogen-bond acceptors (Lipinski definition) is 6. The van der Waals surface area contributed by atoms with Crippen LogP contribution >= 0.6 is 35.0 Å². The summed E-state index contributed by atoms with van der Waals surface area (Å²) in [5.41, 5.74) is 6.15. The molecule has 1 aliphatic carbocycles. The molecule has 0 radical (unpaired) electrons. The molecule has 1 heterocycles. The first-order chi connectivity index (χ1) is 17.9. The molecule has 1 aliphatic rings. The molecular formula is C26H21Cl2N5O3S. The molecule has 4 aromatic rings. The molecule has 0 fully saturated rings. The highest BCUT2D eigenvalue weighted by Gasteiger charge is 2.19. The molecule has 5 rings (SSSR count). The Morgan fingerprint density at radius 3 is 2.43 bits per heavy atom. The first-order valence-electron chi connectivity index (χ1n) is 11.5. The van der Waals surface area contributed by atoms with E-state index in [0.717, 1.165) is 30.4 Å². The number of carboxylic acids is 1. The lowest BCUT2D eigenvalue weighted by atomic mass is 10.0. The van der Waals surface area contributed by atoms with Gasteiger partial charge in [-0.2, -0.15) is 4.68 Å². The van der Waals surface area contributed by atoms with Crippen LogP contribution in [0.3, 0.4) is 0 Å². The van der Waals surface area contributed by atoms with Gasteiger partial charge in [-0.05, 0) is 81.8 Å². The predicted molar refractivity (Wildman–Crippen MR) is 144 cm³/mol. The average Bonchev–Trinajstić information content (AvgIpc) is 3.52. The van der Waals surface area contributed by atoms with E-state index in [2.05, 4.69) is 20.8 Å². The van der Waals surface area contributed by atoms with Gasteiger partial charge in [0.25, 0.3) is 0 Å². The second-order valence-corrected chi connectivity index (χ2v) is 10.4. The van der Waals surface area contributed by atoms with E-state index >= 15 is 0 Å². The highest BCUT2D eigenvalue weighted by atomic mass is 35.5. The van der Waals surface area contributed by atoms with Crippen LogP contribution in [-0.4, -0.2) is 42.9 Å². The lowest BCUT2D eigenvalue weighted by molar-refractivity contribution is -0.136. The number of amides is 1. The Balaban J connectivity index is 1.23. The van der Waals surface area contributed by atoms with Gasteiger partial charge < -0.3 is 10.4 Å². The number of thioether (sulfide) groups is 1. The Kier molecular flexibility index (Phi) is 7.45. The molecule has 0 unspecified atom stereocenters. The number of nitrogens with zero attached hydrogens (tertiary/aromatic N) is 4. The van der Waals surface area contributed by atoms with E-state index in [1.165, 1.54) is 22.9 Å². The number of fused-ring (bicyclic) bond motifs is 1. The van der Waals surface area contributed by atoms with E-state index < -0.39 is 5.97 Å². The standard InChI is InChI=1S/C26H21Cl2N5O3S/c27-20-11-19(16-6-4-15(5-7-16)10-25(35)36)8-9-22(20)29-24(34)14-37-26-30-31-32-33(26)23-13-18-3-1-2-17(18)12-21(23)28/h4-9,11-13H,1-3,10,14H2,(H,29,34)(H,35,36). The summed E-state index contributed by atoms with van der Waals surface area (Å²) in [6.07, 6.45) is 3.10. The van der Waals surface area contributed by atoms with Crippen molar-refractivity contribution in [3.63, 3.8) is 0 Å². The fraction of sp³-hybridized carbons (Fsp3) is 0.192. The number of anilines is 1. The Morgan fingerprint density at radius 2 is 1.70 bits per heavy atom. The van der Waals surface area contributed by atoms with Crippen LogP contribution in [0.5, 0.6) is 0 Å². The fourth-order valence-electron chi connectivity index (χ4n) is 4.27. The molecule has 0 spiro atoms. The maximum absolute atomic E-state index is 12.7. The number of carbonyl (C=O) groups is 2. The van der Waals surface area contributed by atoms with Gasteiger partial charge in [-0.1, -0.05) is 65.3 Å². The van der Waals surface area contributed by atoms with E-state index in [9.17, 15) is 9.59 Å². The minimum Gasteiger partial charge on any atom is -0.481 e. The van der Waals surface area contributed by atoms with E-state index in [1.54, 1.807) is 28.9 Å². The topological polar surface area (TPSA) is 110 Å². The van der Waals surface area contributed by atoms with E-state index in [4.69, 9.17) is 28.3 Å². The van der Waals surface area contributed by atoms with E-state index in [-0.39, 0.29) is 18.1 Å². The molecule has 3 aromatic carbocycles. The van der Waals surface area contributed by atoms with Crippen LogP contribution in [0.2, 0.25) is 10.0 Å². The quantitative estimate of drug-likeness (QED) is 0.278. The fourth-order valence-corrected chi connectivity index (χ4v) is 5.44. The molecule has 0 atom stereocenters. The molecule has 37 heavy (non-hydrogen) atoms. The van der Waals surface area contributed by atoms with Gasteiger partial charge in [0.15, 0.2) is 0 Å². The van der Waals surface area contributed by atoms with Crippen molar-refractivity contribution in [1.29, 1.82) is 0 Å². The lowest BCUT2D eigenvalue weighted by Gasteiger charge is -2.11. The number of carbonyl (C=O) groups excluding carboxylic acids is 1. The van der Waals surface area contributed by atoms with Gasteiger partial charge in [0.2, 0.25) is 11.1 Å². The molecule has 0 saturated carbocycles. The number of aromatic nitrogens is 4. The second-order valence-electron chi connectivity index (χ2n) is 8.60. The van der Waals surface area contributed by atoms with Crippen LogP contribution in [0, 0.1) is 0 Å². The molecule has 1 amide bonds. The van der Waals surface area contributed by atoms with Crippen molar-refractivity contribution < 1.29 is 14.7 Å². The Bertz CT molecular complexity index is 1490. The monoisotopic (exact) mass is 553 g/mol. The van der Waals surface area contributed by atoms with Crippen molar-refractivity contribution in [2.45, 2.75) is 30.8 Å². The molecule has 0 aliphatic heterocycles. The summed E-state index contributed by atoms with van der Waals surface area (Å²) in [4.78, 5) is 23.5. The summed E-state index contributed by atoms with van der Waals surface area (Å²) < 4.78 is 1.56. The number of nitrogens with one attached hydrogen (secondary N) is 1. The zero-order valence-electron chi connectivity index (χ0n) is 19.4. The van der Waals surface area contributed by atoms with Gasteiger partial charge in [0.1, 0.15) is 0 Å². The van der Waals surface area contributed by atoms with Gasteiger partial charge >= 0.3 is 5.97 Å².